The zero-order chi connectivity index (χ0) is 20.0. The van der Waals surface area contributed by atoms with Crippen molar-refractivity contribution in [3.63, 3.8) is 0 Å². The summed E-state index contributed by atoms with van der Waals surface area (Å²) in [4.78, 5) is 18.5. The van der Waals surface area contributed by atoms with E-state index in [2.05, 4.69) is 31.1 Å². The van der Waals surface area contributed by atoms with Gasteiger partial charge in [-0.05, 0) is 51.2 Å². The number of nitrogens with zero attached hydrogens (tertiary/aromatic N) is 2. The highest BCUT2D eigenvalue weighted by molar-refractivity contribution is 7.98. The number of thioether (sulfide) groups is 1. The number of likely N-dealkylation sites (tertiary alicyclic amines) is 1. The summed E-state index contributed by atoms with van der Waals surface area (Å²) in [6.07, 6.45) is 2.57. The Morgan fingerprint density at radius 3 is 2.86 bits per heavy atom. The Kier molecular flexibility index (Phi) is 4.96. The van der Waals surface area contributed by atoms with Crippen LogP contribution in [0.5, 0.6) is 0 Å². The number of carbonyl (C=O) groups is 1. The van der Waals surface area contributed by atoms with E-state index in [0.29, 0.717) is 30.2 Å². The molecular formula is C23H28N2O3S. The third kappa shape index (κ3) is 3.51. The summed E-state index contributed by atoms with van der Waals surface area (Å²) >= 11 is 1.72. The molecule has 3 aliphatic rings. The molecule has 3 aliphatic heterocycles. The second-order valence-corrected chi connectivity index (χ2v) is 9.89. The number of carbonyl (C=O) groups excluding carboxylic acids is 1. The first-order chi connectivity index (χ1) is 14.0. The smallest absolute Gasteiger partial charge is 0.289 e. The van der Waals surface area contributed by atoms with Crippen LogP contribution < -0.4 is 0 Å². The molecule has 1 aromatic heterocycles. The Bertz CT molecular complexity index is 883. The molecule has 0 radical (unpaired) electrons. The van der Waals surface area contributed by atoms with E-state index >= 15 is 0 Å². The highest BCUT2D eigenvalue weighted by atomic mass is 32.2. The van der Waals surface area contributed by atoms with Gasteiger partial charge in [0.2, 0.25) is 0 Å². The largest absolute Gasteiger partial charge is 0.455 e. The lowest BCUT2D eigenvalue weighted by Gasteiger charge is -2.30. The van der Waals surface area contributed by atoms with E-state index in [1.54, 1.807) is 11.8 Å². The maximum absolute atomic E-state index is 13.1. The van der Waals surface area contributed by atoms with Crippen molar-refractivity contribution in [2.45, 2.75) is 35.2 Å². The van der Waals surface area contributed by atoms with E-state index in [0.717, 1.165) is 37.4 Å². The van der Waals surface area contributed by atoms with Gasteiger partial charge < -0.3 is 19.0 Å². The van der Waals surface area contributed by atoms with Gasteiger partial charge in [-0.2, -0.15) is 0 Å². The third-order valence-electron chi connectivity index (χ3n) is 6.64. The number of ether oxygens (including phenoxy) is 1. The van der Waals surface area contributed by atoms with Gasteiger partial charge in [-0.1, -0.05) is 18.2 Å². The van der Waals surface area contributed by atoms with Crippen LogP contribution in [0.25, 0.3) is 0 Å². The molecule has 3 saturated heterocycles. The van der Waals surface area contributed by atoms with Gasteiger partial charge in [-0.3, -0.25) is 4.79 Å². The van der Waals surface area contributed by atoms with Crippen LogP contribution in [0.15, 0.2) is 51.8 Å². The number of hydrogen-bond acceptors (Lipinski definition) is 5. The number of furan rings is 1. The average Bonchev–Trinajstić information content (AvgIpc) is 3.47. The molecule has 2 bridgehead atoms. The van der Waals surface area contributed by atoms with Crippen LogP contribution in [0.2, 0.25) is 0 Å². The van der Waals surface area contributed by atoms with E-state index in [1.165, 1.54) is 4.90 Å². The van der Waals surface area contributed by atoms with Crippen LogP contribution in [0.3, 0.4) is 0 Å². The molecule has 2 aromatic rings. The van der Waals surface area contributed by atoms with Crippen molar-refractivity contribution in [2.75, 3.05) is 33.7 Å². The molecule has 0 aliphatic carbocycles. The molecule has 0 unspecified atom stereocenters. The monoisotopic (exact) mass is 412 g/mol. The van der Waals surface area contributed by atoms with Crippen LogP contribution in [-0.2, 0) is 10.5 Å². The molecule has 29 heavy (non-hydrogen) atoms. The van der Waals surface area contributed by atoms with Gasteiger partial charge in [0.1, 0.15) is 5.76 Å². The summed E-state index contributed by atoms with van der Waals surface area (Å²) in [5, 5.41) is 0. The Hall–Kier alpha value is -1.76. The normalized spacial score (nSPS) is 30.3. The summed E-state index contributed by atoms with van der Waals surface area (Å²) in [7, 11) is 4.24. The molecule has 5 nitrogen and oxygen atoms in total. The van der Waals surface area contributed by atoms with Crippen molar-refractivity contribution in [2.24, 2.45) is 11.8 Å². The highest BCUT2D eigenvalue weighted by Gasteiger charge is 2.63. The summed E-state index contributed by atoms with van der Waals surface area (Å²) in [6, 6.07) is 14.0. The van der Waals surface area contributed by atoms with Gasteiger partial charge in [-0.15, -0.1) is 11.8 Å². The number of amides is 1. The first-order valence-electron chi connectivity index (χ1n) is 10.4. The van der Waals surface area contributed by atoms with Gasteiger partial charge in [0.25, 0.3) is 5.91 Å². The maximum Gasteiger partial charge on any atom is 0.289 e. The standard InChI is InChI=1S/C23H28N2O3S/c1-24(2)12-18-19-13-25(15-23(19)11-10-20(18)28-23)22(26)21-9-8-16(27-21)14-29-17-6-4-3-5-7-17/h3-9,18-20H,10-15H2,1-2H3/t18-,19+,20+,23+/m0/s1. The number of fused-ring (bicyclic) bond motifs is 1. The minimum Gasteiger partial charge on any atom is -0.455 e. The molecule has 3 fully saturated rings. The molecule has 0 N–H and O–H groups in total. The number of rotatable bonds is 6. The molecular weight excluding hydrogens is 384 g/mol. The Morgan fingerprint density at radius 1 is 1.24 bits per heavy atom. The van der Waals surface area contributed by atoms with E-state index in [1.807, 2.05) is 35.2 Å². The molecule has 1 amide bonds. The van der Waals surface area contributed by atoms with Crippen LogP contribution in [0.4, 0.5) is 0 Å². The first kappa shape index (κ1) is 19.2. The van der Waals surface area contributed by atoms with Crippen LogP contribution in [-0.4, -0.2) is 61.1 Å². The van der Waals surface area contributed by atoms with Crippen molar-refractivity contribution in [3.05, 3.63) is 54.0 Å². The molecule has 4 heterocycles. The minimum atomic E-state index is -0.125. The molecule has 6 heteroatoms. The average molecular weight is 413 g/mol. The number of hydrogen-bond donors (Lipinski definition) is 0. The summed E-state index contributed by atoms with van der Waals surface area (Å²) in [5.41, 5.74) is -0.125. The van der Waals surface area contributed by atoms with Gasteiger partial charge in [0.15, 0.2) is 5.76 Å². The summed E-state index contributed by atoms with van der Waals surface area (Å²) in [6.45, 7) is 2.51. The SMILES string of the molecule is CN(C)C[C@H]1[C@H]2CN(C(=O)c3ccc(CSc4ccccc4)o3)C[C@]23CC[C@H]1O3. The molecule has 154 valence electrons. The Balaban J connectivity index is 1.25. The first-order valence-corrected chi connectivity index (χ1v) is 11.4. The van der Waals surface area contributed by atoms with E-state index in [9.17, 15) is 4.79 Å². The zero-order valence-electron chi connectivity index (χ0n) is 17.0. The van der Waals surface area contributed by atoms with E-state index in [4.69, 9.17) is 9.15 Å². The van der Waals surface area contributed by atoms with Crippen LogP contribution in [0.1, 0.15) is 29.2 Å². The van der Waals surface area contributed by atoms with Crippen LogP contribution >= 0.6 is 11.8 Å². The number of benzene rings is 1. The molecule has 1 spiro atoms. The van der Waals surface area contributed by atoms with Gasteiger partial charge in [-0.25, -0.2) is 0 Å². The van der Waals surface area contributed by atoms with Crippen molar-refractivity contribution in [3.8, 4) is 0 Å². The van der Waals surface area contributed by atoms with Crippen molar-refractivity contribution >= 4 is 17.7 Å². The zero-order valence-corrected chi connectivity index (χ0v) is 17.9. The predicted molar refractivity (Wildman–Crippen MR) is 113 cm³/mol. The second-order valence-electron chi connectivity index (χ2n) is 8.85. The lowest BCUT2D eigenvalue weighted by molar-refractivity contribution is 0.00224. The molecule has 4 atom stereocenters. The topological polar surface area (TPSA) is 45.9 Å². The Morgan fingerprint density at radius 2 is 2.07 bits per heavy atom. The Labute approximate surface area is 176 Å². The molecule has 5 rings (SSSR count). The summed E-state index contributed by atoms with van der Waals surface area (Å²) in [5.74, 6) is 2.97. The highest BCUT2D eigenvalue weighted by Crippen LogP contribution is 2.55. The van der Waals surface area contributed by atoms with Gasteiger partial charge in [0, 0.05) is 29.8 Å². The van der Waals surface area contributed by atoms with Crippen molar-refractivity contribution in [1.82, 2.24) is 9.80 Å². The quantitative estimate of drug-likeness (QED) is 0.676. The van der Waals surface area contributed by atoms with Crippen molar-refractivity contribution < 1.29 is 13.9 Å². The van der Waals surface area contributed by atoms with Gasteiger partial charge in [0.05, 0.1) is 24.0 Å². The van der Waals surface area contributed by atoms with E-state index in [-0.39, 0.29) is 11.5 Å². The maximum atomic E-state index is 13.1. The fourth-order valence-corrected chi connectivity index (χ4v) is 6.22. The van der Waals surface area contributed by atoms with E-state index < -0.39 is 0 Å². The third-order valence-corrected chi connectivity index (χ3v) is 7.68. The van der Waals surface area contributed by atoms with Crippen LogP contribution in [0, 0.1) is 11.8 Å². The van der Waals surface area contributed by atoms with Crippen molar-refractivity contribution in [1.29, 1.82) is 0 Å². The lowest BCUT2D eigenvalue weighted by Crippen LogP contribution is -2.40. The summed E-state index contributed by atoms with van der Waals surface area (Å²) < 4.78 is 12.4. The second kappa shape index (κ2) is 7.49. The molecule has 1 aromatic carbocycles. The fraction of sp³-hybridized carbons (Fsp3) is 0.522. The fourth-order valence-electron chi connectivity index (χ4n) is 5.41. The lowest BCUT2D eigenvalue weighted by atomic mass is 9.73. The minimum absolute atomic E-state index is 0.000360. The van der Waals surface area contributed by atoms with Gasteiger partial charge >= 0.3 is 0 Å². The molecule has 0 saturated carbocycles. The predicted octanol–water partition coefficient (Wildman–Crippen LogP) is 3.75.